The van der Waals surface area contributed by atoms with Crippen LogP contribution in [0, 0.1) is 13.8 Å². The number of aromatic nitrogens is 2. The van der Waals surface area contributed by atoms with Gasteiger partial charge in [0, 0.05) is 22.1 Å². The van der Waals surface area contributed by atoms with Crippen LogP contribution in [0.5, 0.6) is 0 Å². The van der Waals surface area contributed by atoms with Crippen LogP contribution in [-0.2, 0) is 9.53 Å². The molecule has 1 N–H and O–H groups in total. The Bertz CT molecular complexity index is 1880. The quantitative estimate of drug-likeness (QED) is 0.340. The lowest BCUT2D eigenvalue weighted by atomic mass is 9.96. The molecule has 1 atom stereocenters. The highest BCUT2D eigenvalue weighted by molar-refractivity contribution is 7.07. The first kappa shape index (κ1) is 27.4. The van der Waals surface area contributed by atoms with Gasteiger partial charge in [-0.1, -0.05) is 41.1 Å². The monoisotopic (exact) mass is 575 g/mol. The zero-order chi connectivity index (χ0) is 28.7. The Kier molecular flexibility index (Phi) is 7.35. The minimum absolute atomic E-state index is 0.190. The van der Waals surface area contributed by atoms with E-state index in [9.17, 15) is 19.5 Å². The third kappa shape index (κ3) is 4.82. The van der Waals surface area contributed by atoms with Crippen molar-refractivity contribution in [1.82, 2.24) is 9.13 Å². The van der Waals surface area contributed by atoms with Crippen molar-refractivity contribution in [3.05, 3.63) is 119 Å². The molecule has 2 aromatic carbocycles. The molecule has 4 aromatic rings. The fourth-order valence-corrected chi connectivity index (χ4v) is 6.17. The number of hydrogen-bond acceptors (Lipinski definition) is 6. The van der Waals surface area contributed by atoms with Gasteiger partial charge in [-0.3, -0.25) is 9.36 Å². The number of carboxylic acid groups (broad SMARTS) is 1. The number of halogens is 1. The molecular weight excluding hydrogens is 550 g/mol. The predicted molar refractivity (Wildman–Crippen MR) is 154 cm³/mol. The number of thiazole rings is 1. The second kappa shape index (κ2) is 10.7. The molecule has 0 saturated heterocycles. The standard InChI is InChI=1S/C30H26ClN3O5S/c1-5-39-29(38)25-17(3)32-30-34(26(25)19-9-11-22(31)12-10-19)27(35)24(40-30)15-21-13-16(2)33(18(21)4)23-8-6-7-20(14-23)28(36)37/h6-15,26H,5H2,1-4H3,(H,36,37)/b24-15-/t26-/m1/s1. The van der Waals surface area contributed by atoms with Crippen LogP contribution in [0.1, 0.15) is 52.8 Å². The Morgan fingerprint density at radius 1 is 1.12 bits per heavy atom. The van der Waals surface area contributed by atoms with Crippen molar-refractivity contribution in [2.45, 2.75) is 33.7 Å². The van der Waals surface area contributed by atoms with Gasteiger partial charge in [-0.25, -0.2) is 14.6 Å². The maximum atomic E-state index is 13.9. The molecule has 1 aliphatic heterocycles. The molecule has 40 heavy (non-hydrogen) atoms. The number of fused-ring (bicyclic) bond motifs is 1. The Hall–Kier alpha value is -4.21. The summed E-state index contributed by atoms with van der Waals surface area (Å²) in [4.78, 5) is 43.5. The SMILES string of the molecule is CCOC(=O)C1=C(C)N=c2s/c(=C\c3cc(C)n(-c4cccc(C(=O)O)c4)c3C)c(=O)n2[C@@H]1c1ccc(Cl)cc1. The lowest BCUT2D eigenvalue weighted by molar-refractivity contribution is -0.139. The number of allylic oxidation sites excluding steroid dienone is 1. The molecule has 3 heterocycles. The average molecular weight is 576 g/mol. The van der Waals surface area contributed by atoms with Crippen LogP contribution in [0.2, 0.25) is 5.02 Å². The van der Waals surface area contributed by atoms with E-state index in [0.717, 1.165) is 17.0 Å². The molecule has 0 unspecified atom stereocenters. The maximum absolute atomic E-state index is 13.9. The number of ether oxygens (including phenoxy) is 1. The number of carbonyl (C=O) groups excluding carboxylic acids is 1. The van der Waals surface area contributed by atoms with Crippen molar-refractivity contribution in [3.8, 4) is 5.69 Å². The molecule has 10 heteroatoms. The van der Waals surface area contributed by atoms with Crippen LogP contribution in [-0.4, -0.2) is 32.8 Å². The largest absolute Gasteiger partial charge is 0.478 e. The van der Waals surface area contributed by atoms with Crippen molar-refractivity contribution in [1.29, 1.82) is 0 Å². The van der Waals surface area contributed by atoms with Gasteiger partial charge in [-0.2, -0.15) is 0 Å². The van der Waals surface area contributed by atoms with Gasteiger partial charge in [0.1, 0.15) is 0 Å². The molecule has 1 aliphatic rings. The number of aromatic carboxylic acids is 1. The van der Waals surface area contributed by atoms with Gasteiger partial charge in [0.2, 0.25) is 0 Å². The smallest absolute Gasteiger partial charge is 0.338 e. The summed E-state index contributed by atoms with van der Waals surface area (Å²) in [6, 6.07) is 15.0. The van der Waals surface area contributed by atoms with Gasteiger partial charge in [-0.15, -0.1) is 0 Å². The number of hydrogen-bond donors (Lipinski definition) is 1. The van der Waals surface area contributed by atoms with E-state index in [2.05, 4.69) is 4.99 Å². The summed E-state index contributed by atoms with van der Waals surface area (Å²) in [6.07, 6.45) is 1.81. The molecule has 5 rings (SSSR count). The number of aryl methyl sites for hydroxylation is 1. The normalized spacial score (nSPS) is 15.1. The molecule has 0 saturated carbocycles. The molecule has 0 fully saturated rings. The summed E-state index contributed by atoms with van der Waals surface area (Å²) in [5, 5.41) is 9.97. The highest BCUT2D eigenvalue weighted by Crippen LogP contribution is 2.31. The van der Waals surface area contributed by atoms with Crippen molar-refractivity contribution >= 4 is 41.0 Å². The minimum atomic E-state index is -1.00. The Balaban J connectivity index is 1.68. The van der Waals surface area contributed by atoms with E-state index >= 15 is 0 Å². The number of nitrogens with zero attached hydrogens (tertiary/aromatic N) is 3. The van der Waals surface area contributed by atoms with Crippen molar-refractivity contribution in [3.63, 3.8) is 0 Å². The van der Waals surface area contributed by atoms with Crippen molar-refractivity contribution < 1.29 is 19.4 Å². The van der Waals surface area contributed by atoms with E-state index in [4.69, 9.17) is 16.3 Å². The lowest BCUT2D eigenvalue weighted by Crippen LogP contribution is -2.39. The molecule has 204 valence electrons. The van der Waals surface area contributed by atoms with Crippen molar-refractivity contribution in [2.24, 2.45) is 4.99 Å². The summed E-state index contributed by atoms with van der Waals surface area (Å²) >= 11 is 7.37. The third-order valence-electron chi connectivity index (χ3n) is 6.81. The van der Waals surface area contributed by atoms with E-state index < -0.39 is 18.0 Å². The molecule has 0 aliphatic carbocycles. The molecule has 0 bridgehead atoms. The van der Waals surface area contributed by atoms with Crippen LogP contribution in [0.15, 0.2) is 75.7 Å². The van der Waals surface area contributed by atoms with E-state index in [0.29, 0.717) is 36.9 Å². The van der Waals surface area contributed by atoms with Gasteiger partial charge in [-0.05, 0) is 81.3 Å². The number of rotatable bonds is 6. The Morgan fingerprint density at radius 3 is 2.52 bits per heavy atom. The Labute approximate surface area is 238 Å². The number of esters is 1. The second-order valence-corrected chi connectivity index (χ2v) is 10.8. The fraction of sp³-hybridized carbons (Fsp3) is 0.200. The van der Waals surface area contributed by atoms with Crippen molar-refractivity contribution in [2.75, 3.05) is 6.61 Å². The number of benzene rings is 2. The minimum Gasteiger partial charge on any atom is -0.478 e. The first-order valence-corrected chi connectivity index (χ1v) is 13.8. The third-order valence-corrected chi connectivity index (χ3v) is 8.05. The van der Waals surface area contributed by atoms with E-state index in [-0.39, 0.29) is 17.7 Å². The van der Waals surface area contributed by atoms with Crippen LogP contribution in [0.4, 0.5) is 0 Å². The molecule has 0 amide bonds. The summed E-state index contributed by atoms with van der Waals surface area (Å²) < 4.78 is 9.28. The highest BCUT2D eigenvalue weighted by atomic mass is 35.5. The topological polar surface area (TPSA) is 103 Å². The fourth-order valence-electron chi connectivity index (χ4n) is 5.00. The van der Waals surface area contributed by atoms with Gasteiger partial charge < -0.3 is 14.4 Å². The second-order valence-electron chi connectivity index (χ2n) is 9.37. The van der Waals surface area contributed by atoms with E-state index in [1.54, 1.807) is 56.3 Å². The number of carbonyl (C=O) groups is 2. The molecule has 2 aromatic heterocycles. The molecular formula is C30H26ClN3O5S. The van der Waals surface area contributed by atoms with Crippen LogP contribution >= 0.6 is 22.9 Å². The van der Waals surface area contributed by atoms with E-state index in [1.807, 2.05) is 36.6 Å². The van der Waals surface area contributed by atoms with Gasteiger partial charge >= 0.3 is 11.9 Å². The summed E-state index contributed by atoms with van der Waals surface area (Å²) in [7, 11) is 0. The Morgan fingerprint density at radius 2 is 1.85 bits per heavy atom. The zero-order valence-electron chi connectivity index (χ0n) is 22.3. The number of carboxylic acids is 1. The average Bonchev–Trinajstić information content (AvgIpc) is 3.37. The van der Waals surface area contributed by atoms with Gasteiger partial charge in [0.15, 0.2) is 4.80 Å². The summed E-state index contributed by atoms with van der Waals surface area (Å²) in [5.74, 6) is -1.52. The van der Waals surface area contributed by atoms with Crippen LogP contribution in [0.3, 0.4) is 0 Å². The molecule has 0 radical (unpaired) electrons. The van der Waals surface area contributed by atoms with Crippen LogP contribution in [0.25, 0.3) is 11.8 Å². The zero-order valence-corrected chi connectivity index (χ0v) is 23.8. The maximum Gasteiger partial charge on any atom is 0.338 e. The summed E-state index contributed by atoms with van der Waals surface area (Å²) in [6.45, 7) is 7.51. The van der Waals surface area contributed by atoms with Gasteiger partial charge in [0.25, 0.3) is 5.56 Å². The lowest BCUT2D eigenvalue weighted by Gasteiger charge is -2.24. The highest BCUT2D eigenvalue weighted by Gasteiger charge is 2.33. The first-order valence-electron chi connectivity index (χ1n) is 12.6. The summed E-state index contributed by atoms with van der Waals surface area (Å²) in [5.41, 5.74) is 4.68. The molecule has 8 nitrogen and oxygen atoms in total. The van der Waals surface area contributed by atoms with Gasteiger partial charge in [0.05, 0.1) is 34.0 Å². The first-order chi connectivity index (χ1) is 19.1. The predicted octanol–water partition coefficient (Wildman–Crippen LogP) is 4.56. The molecule has 0 spiro atoms. The van der Waals surface area contributed by atoms with E-state index in [1.165, 1.54) is 15.9 Å². The van der Waals surface area contributed by atoms with Crippen LogP contribution < -0.4 is 14.9 Å².